The Morgan fingerprint density at radius 3 is 1.08 bits per heavy atom. The predicted octanol–water partition coefficient (Wildman–Crippen LogP) is -2.00. The van der Waals surface area contributed by atoms with Crippen LogP contribution in [0.5, 0.6) is 0 Å². The van der Waals surface area contributed by atoms with Gasteiger partial charge in [0.15, 0.2) is 0 Å². The zero-order chi connectivity index (χ0) is 8.41. The zero-order valence-corrected chi connectivity index (χ0v) is 7.29. The first-order valence-electron chi connectivity index (χ1n) is 1.53. The molecule has 0 saturated carbocycles. The van der Waals surface area contributed by atoms with Crippen molar-refractivity contribution in [3.63, 3.8) is 0 Å². The van der Waals surface area contributed by atoms with Crippen molar-refractivity contribution >= 4 is 63.9 Å². The number of hydrogen-bond donors (Lipinski definition) is 2. The first-order chi connectivity index (χ1) is 4.21. The van der Waals surface area contributed by atoms with Crippen LogP contribution in [0.2, 0.25) is 0 Å². The van der Waals surface area contributed by atoms with Crippen LogP contribution in [0.4, 0.5) is 0 Å². The number of hydrogen-bond acceptors (Lipinski definition) is 6. The first-order valence-corrected chi connectivity index (χ1v) is 4.26. The Hall–Kier alpha value is 1.09. The molecule has 8 nitrogen and oxygen atoms in total. The molecule has 12 heteroatoms. The molecule has 0 amide bonds. The van der Waals surface area contributed by atoms with E-state index in [1.54, 1.807) is 0 Å². The molecule has 0 atom stereocenters. The van der Waals surface area contributed by atoms with E-state index >= 15 is 0 Å². The van der Waals surface area contributed by atoms with Crippen molar-refractivity contribution in [3.8, 4) is 0 Å². The second kappa shape index (κ2) is 6.53. The van der Waals surface area contributed by atoms with E-state index in [4.69, 9.17) is 9.11 Å². The average molecular weight is 252 g/mol. The Morgan fingerprint density at radius 1 is 0.833 bits per heavy atom. The topological polar surface area (TPSA) is 127 Å². The predicted molar refractivity (Wildman–Crippen MR) is 42.8 cm³/mol. The Kier molecular flexibility index (Phi) is 10.2. The van der Waals surface area contributed by atoms with Gasteiger partial charge in [-0.1, -0.05) is 8.67 Å². The van der Waals surface area contributed by atoms with Crippen LogP contribution in [-0.4, -0.2) is 55.5 Å². The molecular formula is H5NaO8S3. The van der Waals surface area contributed by atoms with Crippen LogP contribution in [0.25, 0.3) is 0 Å². The summed E-state index contributed by atoms with van der Waals surface area (Å²) in [7, 11) is -10.0. The van der Waals surface area contributed by atoms with Crippen molar-refractivity contribution in [2.24, 2.45) is 0 Å². The van der Waals surface area contributed by atoms with Gasteiger partial charge in [-0.25, -0.2) is 0 Å². The minimum atomic E-state index is -5.02. The number of rotatable bonds is 3. The van der Waals surface area contributed by atoms with Crippen LogP contribution in [0, 0.1) is 0 Å². The third-order valence-corrected chi connectivity index (χ3v) is 0.766. The molecule has 0 aromatic carbocycles. The summed E-state index contributed by atoms with van der Waals surface area (Å²) in [5.41, 5.74) is 0. The summed E-state index contributed by atoms with van der Waals surface area (Å²) < 4.78 is 58.9. The van der Waals surface area contributed by atoms with E-state index in [1.807, 2.05) is 0 Å². The average Bonchev–Trinajstić information content (AvgIpc) is 1.57. The van der Waals surface area contributed by atoms with Crippen LogP contribution >= 0.6 is 13.5 Å². The quantitative estimate of drug-likeness (QED) is 0.255. The maximum absolute atomic E-state index is 9.51. The van der Waals surface area contributed by atoms with Crippen LogP contribution < -0.4 is 0 Å². The van der Waals surface area contributed by atoms with Gasteiger partial charge in [0.25, 0.3) is 0 Å². The molecule has 0 fully saturated rings. The van der Waals surface area contributed by atoms with Gasteiger partial charge < -0.3 is 0 Å². The molecule has 0 aromatic rings. The van der Waals surface area contributed by atoms with E-state index in [1.165, 1.54) is 0 Å². The van der Waals surface area contributed by atoms with Crippen LogP contribution in [0.3, 0.4) is 0 Å². The fraction of sp³-hybridized carbons (Fsp3) is 0. The van der Waals surface area contributed by atoms with Crippen molar-refractivity contribution in [1.29, 1.82) is 0 Å². The van der Waals surface area contributed by atoms with Gasteiger partial charge in [-0.05, 0) is 0 Å². The van der Waals surface area contributed by atoms with E-state index in [9.17, 15) is 16.8 Å². The van der Waals surface area contributed by atoms with Crippen LogP contribution in [-0.2, 0) is 29.5 Å². The Labute approximate surface area is 97.8 Å². The van der Waals surface area contributed by atoms with E-state index in [2.05, 4.69) is 8.67 Å². The van der Waals surface area contributed by atoms with Gasteiger partial charge in [0.2, 0.25) is 0 Å². The summed E-state index contributed by atoms with van der Waals surface area (Å²) in [5.74, 6) is 0. The second-order valence-corrected chi connectivity index (χ2v) is 2.97. The van der Waals surface area contributed by atoms with Gasteiger partial charge >= 0.3 is 50.4 Å². The van der Waals surface area contributed by atoms with E-state index in [0.717, 1.165) is 0 Å². The third-order valence-electron chi connectivity index (χ3n) is 0.200. The van der Waals surface area contributed by atoms with Gasteiger partial charge in [-0.3, -0.25) is 9.11 Å². The minimum absolute atomic E-state index is 0. The SMILES string of the molecule is O=S(=O)(O)OOS(=O)(=O)O.S.[NaH]. The normalized spacial score (nSPS) is 11.2. The summed E-state index contributed by atoms with van der Waals surface area (Å²) in [6.07, 6.45) is 0. The summed E-state index contributed by atoms with van der Waals surface area (Å²) in [5, 5.41) is 0. The van der Waals surface area contributed by atoms with Gasteiger partial charge in [0.1, 0.15) is 0 Å². The molecule has 72 valence electrons. The Morgan fingerprint density at radius 2 is 1.00 bits per heavy atom. The molecule has 0 unspecified atom stereocenters. The summed E-state index contributed by atoms with van der Waals surface area (Å²) >= 11 is 0. The van der Waals surface area contributed by atoms with Gasteiger partial charge in [-0.2, -0.15) is 30.3 Å². The van der Waals surface area contributed by atoms with Gasteiger partial charge in [0, 0.05) is 0 Å². The summed E-state index contributed by atoms with van der Waals surface area (Å²) in [6, 6.07) is 0. The summed E-state index contributed by atoms with van der Waals surface area (Å²) in [6.45, 7) is 0. The monoisotopic (exact) mass is 252 g/mol. The molecule has 0 aliphatic rings. The van der Waals surface area contributed by atoms with Crippen molar-refractivity contribution in [1.82, 2.24) is 0 Å². The first kappa shape index (κ1) is 18.8. The molecule has 2 N–H and O–H groups in total. The van der Waals surface area contributed by atoms with Crippen molar-refractivity contribution in [2.45, 2.75) is 0 Å². The van der Waals surface area contributed by atoms with Gasteiger partial charge in [-0.15, -0.1) is 0 Å². The molecule has 0 radical (unpaired) electrons. The molecule has 0 bridgehead atoms. The Balaban J connectivity index is -0.000000405. The van der Waals surface area contributed by atoms with Gasteiger partial charge in [0.05, 0.1) is 0 Å². The van der Waals surface area contributed by atoms with Crippen molar-refractivity contribution < 1.29 is 34.6 Å². The molecule has 0 aromatic heterocycles. The molecule has 0 spiro atoms. The molecular weight excluding hydrogens is 247 g/mol. The van der Waals surface area contributed by atoms with Crippen molar-refractivity contribution in [2.75, 3.05) is 0 Å². The molecule has 12 heavy (non-hydrogen) atoms. The molecule has 0 aliphatic carbocycles. The molecule has 0 aliphatic heterocycles. The van der Waals surface area contributed by atoms with Crippen LogP contribution in [0.15, 0.2) is 0 Å². The van der Waals surface area contributed by atoms with Crippen LogP contribution in [0.1, 0.15) is 0 Å². The third kappa shape index (κ3) is 17.3. The van der Waals surface area contributed by atoms with Crippen molar-refractivity contribution in [3.05, 3.63) is 0 Å². The van der Waals surface area contributed by atoms with E-state index in [-0.39, 0.29) is 43.1 Å². The fourth-order valence-electron chi connectivity index (χ4n) is 0.0702. The molecule has 0 saturated heterocycles. The van der Waals surface area contributed by atoms with E-state index in [0.29, 0.717) is 0 Å². The Bertz CT molecular complexity index is 250. The standard InChI is InChI=1S/Na.H2O8S2.H2S.H/c;1-9(2,3)7-8-10(4,5)6;;/h;(H,1,2,3)(H,4,5,6);1H2;. The second-order valence-electron chi connectivity index (χ2n) is 0.992. The van der Waals surface area contributed by atoms with E-state index < -0.39 is 20.8 Å². The zero-order valence-electron chi connectivity index (χ0n) is 4.66. The maximum atomic E-state index is 9.51. The molecule has 0 heterocycles. The fourth-order valence-corrected chi connectivity index (χ4v) is 0.632. The molecule has 0 rings (SSSR count). The summed E-state index contributed by atoms with van der Waals surface area (Å²) in [4.78, 5) is 0.